The van der Waals surface area contributed by atoms with Crippen molar-refractivity contribution in [3.63, 3.8) is 0 Å². The highest BCUT2D eigenvalue weighted by Gasteiger charge is 2.11. The van der Waals surface area contributed by atoms with Crippen molar-refractivity contribution in [1.82, 2.24) is 5.32 Å². The molecule has 0 fully saturated rings. The van der Waals surface area contributed by atoms with E-state index in [1.54, 1.807) is 6.07 Å². The van der Waals surface area contributed by atoms with Crippen LogP contribution in [0.4, 0.5) is 5.69 Å². The Bertz CT molecular complexity index is 432. The van der Waals surface area contributed by atoms with Crippen molar-refractivity contribution < 1.29 is 14.7 Å². The lowest BCUT2D eigenvalue weighted by Crippen LogP contribution is -2.39. The lowest BCUT2D eigenvalue weighted by Gasteiger charge is -2.10. The van der Waals surface area contributed by atoms with Gasteiger partial charge >= 0.3 is 5.97 Å². The van der Waals surface area contributed by atoms with Crippen LogP contribution in [-0.4, -0.2) is 29.6 Å². The predicted molar refractivity (Wildman–Crippen MR) is 69.6 cm³/mol. The summed E-state index contributed by atoms with van der Waals surface area (Å²) in [7, 11) is 0. The summed E-state index contributed by atoms with van der Waals surface area (Å²) in [5.41, 5.74) is 1.86. The number of anilines is 1. The molecule has 1 amide bonds. The summed E-state index contributed by atoms with van der Waals surface area (Å²) in [5, 5.41) is 14.0. The van der Waals surface area contributed by atoms with E-state index in [2.05, 4.69) is 10.6 Å². The van der Waals surface area contributed by atoms with Crippen LogP contribution in [0.25, 0.3) is 0 Å². The fourth-order valence-electron chi connectivity index (χ4n) is 1.41. The highest BCUT2D eigenvalue weighted by atomic mass is 16.4. The van der Waals surface area contributed by atoms with Crippen molar-refractivity contribution in [2.45, 2.75) is 26.3 Å². The van der Waals surface area contributed by atoms with Gasteiger partial charge in [0.25, 0.3) is 0 Å². The molecule has 0 heterocycles. The van der Waals surface area contributed by atoms with E-state index >= 15 is 0 Å². The molecule has 0 radical (unpaired) electrons. The maximum Gasteiger partial charge on any atom is 0.320 e. The molecule has 0 bridgehead atoms. The summed E-state index contributed by atoms with van der Waals surface area (Å²) in [5.74, 6) is -1.23. The van der Waals surface area contributed by atoms with Crippen molar-refractivity contribution in [3.05, 3.63) is 29.8 Å². The van der Waals surface area contributed by atoms with Crippen molar-refractivity contribution in [3.8, 4) is 0 Å². The van der Waals surface area contributed by atoms with E-state index in [0.717, 1.165) is 17.7 Å². The highest BCUT2D eigenvalue weighted by molar-refractivity contribution is 5.92. The first-order chi connectivity index (χ1) is 8.52. The molecule has 0 saturated heterocycles. The number of hydrogen-bond donors (Lipinski definition) is 3. The van der Waals surface area contributed by atoms with Crippen molar-refractivity contribution in [1.29, 1.82) is 0 Å². The predicted octanol–water partition coefficient (Wildman–Crippen LogP) is 1.25. The average Bonchev–Trinajstić information content (AvgIpc) is 2.36. The third-order valence-electron chi connectivity index (χ3n) is 2.56. The lowest BCUT2D eigenvalue weighted by molar-refractivity contribution is -0.139. The van der Waals surface area contributed by atoms with Crippen LogP contribution in [0, 0.1) is 0 Å². The zero-order valence-electron chi connectivity index (χ0n) is 10.6. The van der Waals surface area contributed by atoms with E-state index < -0.39 is 12.0 Å². The first-order valence-corrected chi connectivity index (χ1v) is 5.88. The molecule has 0 aliphatic heterocycles. The monoisotopic (exact) mass is 250 g/mol. The Balaban J connectivity index is 2.46. The zero-order chi connectivity index (χ0) is 13.5. The minimum atomic E-state index is -0.976. The SMILES string of the molecule is CCc1cccc(NC(=O)CN[C@H](C)C(=O)O)c1. The van der Waals surface area contributed by atoms with Gasteiger partial charge in [0, 0.05) is 5.69 Å². The van der Waals surface area contributed by atoms with E-state index in [4.69, 9.17) is 5.11 Å². The smallest absolute Gasteiger partial charge is 0.320 e. The third-order valence-corrected chi connectivity index (χ3v) is 2.56. The molecule has 1 aromatic carbocycles. The van der Waals surface area contributed by atoms with Gasteiger partial charge in [-0.25, -0.2) is 0 Å². The zero-order valence-corrected chi connectivity index (χ0v) is 10.6. The highest BCUT2D eigenvalue weighted by Crippen LogP contribution is 2.10. The van der Waals surface area contributed by atoms with E-state index in [1.165, 1.54) is 6.92 Å². The minimum absolute atomic E-state index is 0.0240. The van der Waals surface area contributed by atoms with Crippen LogP contribution in [0.2, 0.25) is 0 Å². The molecule has 98 valence electrons. The van der Waals surface area contributed by atoms with Gasteiger partial charge in [0.2, 0.25) is 5.91 Å². The second kappa shape index (κ2) is 6.76. The lowest BCUT2D eigenvalue weighted by atomic mass is 10.1. The van der Waals surface area contributed by atoms with Gasteiger partial charge in [-0.3, -0.25) is 14.9 Å². The Morgan fingerprint density at radius 3 is 2.72 bits per heavy atom. The second-order valence-electron chi connectivity index (χ2n) is 4.04. The molecule has 5 heteroatoms. The number of amides is 1. The summed E-state index contributed by atoms with van der Waals surface area (Å²) in [6.07, 6.45) is 0.901. The van der Waals surface area contributed by atoms with Gasteiger partial charge < -0.3 is 10.4 Å². The number of hydrogen-bond acceptors (Lipinski definition) is 3. The molecule has 1 aromatic rings. The molecule has 1 atom stereocenters. The number of carboxylic acids is 1. The van der Waals surface area contributed by atoms with Crippen molar-refractivity contribution in [2.75, 3.05) is 11.9 Å². The van der Waals surface area contributed by atoms with Gasteiger partial charge in [-0.05, 0) is 31.0 Å². The molecular formula is C13H18N2O3. The van der Waals surface area contributed by atoms with Gasteiger partial charge in [0.05, 0.1) is 6.54 Å². The molecule has 5 nitrogen and oxygen atoms in total. The molecule has 1 rings (SSSR count). The summed E-state index contributed by atoms with van der Waals surface area (Å²) < 4.78 is 0. The van der Waals surface area contributed by atoms with Gasteiger partial charge in [0.15, 0.2) is 0 Å². The number of aryl methyl sites for hydroxylation is 1. The first-order valence-electron chi connectivity index (χ1n) is 5.88. The summed E-state index contributed by atoms with van der Waals surface area (Å²) in [6, 6.07) is 6.83. The van der Waals surface area contributed by atoms with Crippen molar-refractivity contribution >= 4 is 17.6 Å². The number of nitrogens with one attached hydrogen (secondary N) is 2. The number of aliphatic carboxylic acids is 1. The molecule has 18 heavy (non-hydrogen) atoms. The minimum Gasteiger partial charge on any atom is -0.480 e. The Hall–Kier alpha value is -1.88. The summed E-state index contributed by atoms with van der Waals surface area (Å²) in [6.45, 7) is 3.51. The number of carbonyl (C=O) groups is 2. The summed E-state index contributed by atoms with van der Waals surface area (Å²) in [4.78, 5) is 22.1. The van der Waals surface area contributed by atoms with Gasteiger partial charge in [0.1, 0.15) is 6.04 Å². The van der Waals surface area contributed by atoms with Crippen LogP contribution < -0.4 is 10.6 Å². The van der Waals surface area contributed by atoms with Crippen LogP contribution in [0.3, 0.4) is 0 Å². The van der Waals surface area contributed by atoms with Crippen LogP contribution in [0.1, 0.15) is 19.4 Å². The molecule has 0 spiro atoms. The normalized spacial score (nSPS) is 11.9. The van der Waals surface area contributed by atoms with Crippen LogP contribution in [-0.2, 0) is 16.0 Å². The Morgan fingerprint density at radius 1 is 1.39 bits per heavy atom. The number of carboxylic acid groups (broad SMARTS) is 1. The fourth-order valence-corrected chi connectivity index (χ4v) is 1.41. The van der Waals surface area contributed by atoms with Gasteiger partial charge in [-0.15, -0.1) is 0 Å². The molecule has 0 aromatic heterocycles. The first kappa shape index (κ1) is 14.2. The van der Waals surface area contributed by atoms with E-state index in [0.29, 0.717) is 0 Å². The maximum atomic E-state index is 11.6. The number of rotatable bonds is 6. The van der Waals surface area contributed by atoms with Crippen LogP contribution >= 0.6 is 0 Å². The van der Waals surface area contributed by atoms with E-state index in [9.17, 15) is 9.59 Å². The third kappa shape index (κ3) is 4.55. The second-order valence-corrected chi connectivity index (χ2v) is 4.04. The molecular weight excluding hydrogens is 232 g/mol. The molecule has 0 aliphatic carbocycles. The number of carbonyl (C=O) groups excluding carboxylic acids is 1. The van der Waals surface area contributed by atoms with E-state index in [1.807, 2.05) is 25.1 Å². The number of benzene rings is 1. The molecule has 0 unspecified atom stereocenters. The molecule has 0 aliphatic rings. The van der Waals surface area contributed by atoms with Crippen molar-refractivity contribution in [2.24, 2.45) is 0 Å². The fraction of sp³-hybridized carbons (Fsp3) is 0.385. The topological polar surface area (TPSA) is 78.4 Å². The quantitative estimate of drug-likeness (QED) is 0.710. The summed E-state index contributed by atoms with van der Waals surface area (Å²) >= 11 is 0. The molecule has 0 saturated carbocycles. The van der Waals surface area contributed by atoms with E-state index in [-0.39, 0.29) is 12.5 Å². The molecule has 3 N–H and O–H groups in total. The maximum absolute atomic E-state index is 11.6. The Labute approximate surface area is 106 Å². The Kier molecular flexibility index (Phi) is 5.32. The van der Waals surface area contributed by atoms with Gasteiger partial charge in [-0.2, -0.15) is 0 Å². The van der Waals surface area contributed by atoms with Gasteiger partial charge in [-0.1, -0.05) is 19.1 Å². The Morgan fingerprint density at radius 2 is 2.11 bits per heavy atom. The average molecular weight is 250 g/mol. The standard InChI is InChI=1S/C13H18N2O3/c1-3-10-5-4-6-11(7-10)15-12(16)8-14-9(2)13(17)18/h4-7,9,14H,3,8H2,1-2H3,(H,15,16)(H,17,18)/t9-/m1/s1. The van der Waals surface area contributed by atoms with Crippen LogP contribution in [0.5, 0.6) is 0 Å². The largest absolute Gasteiger partial charge is 0.480 e. The van der Waals surface area contributed by atoms with Crippen LogP contribution in [0.15, 0.2) is 24.3 Å².